The Labute approximate surface area is 159 Å². The van der Waals surface area contributed by atoms with Gasteiger partial charge in [-0.1, -0.05) is 42.1 Å². The number of thioether (sulfide) groups is 1. The molecule has 0 N–H and O–H groups in total. The molecule has 2 heterocycles. The Morgan fingerprint density at radius 3 is 2.50 bits per heavy atom. The Bertz CT molecular complexity index is 718. The normalized spacial score (nSPS) is 15.7. The highest BCUT2D eigenvalue weighted by Crippen LogP contribution is 2.16. The van der Waals surface area contributed by atoms with Gasteiger partial charge in [-0.3, -0.25) is 9.69 Å². The second kappa shape index (κ2) is 9.14. The van der Waals surface area contributed by atoms with Crippen LogP contribution in [0.25, 0.3) is 0 Å². The third-order valence-electron chi connectivity index (χ3n) is 4.48. The van der Waals surface area contributed by atoms with Crippen LogP contribution in [-0.2, 0) is 11.3 Å². The van der Waals surface area contributed by atoms with E-state index in [0.717, 1.165) is 50.5 Å². The van der Waals surface area contributed by atoms with Gasteiger partial charge in [-0.15, -0.1) is 0 Å². The zero-order valence-electron chi connectivity index (χ0n) is 15.5. The molecule has 1 aliphatic heterocycles. The quantitative estimate of drug-likeness (QED) is 0.598. The largest absolute Gasteiger partial charge is 0.341 e. The van der Waals surface area contributed by atoms with Gasteiger partial charge in [0.15, 0.2) is 5.16 Å². The first-order valence-electron chi connectivity index (χ1n) is 9.09. The summed E-state index contributed by atoms with van der Waals surface area (Å²) in [5.41, 5.74) is 3.22. The minimum absolute atomic E-state index is 0.180. The molecule has 26 heavy (non-hydrogen) atoms. The average Bonchev–Trinajstić information content (AvgIpc) is 2.85. The molecule has 1 fully saturated rings. The maximum Gasteiger partial charge on any atom is 0.233 e. The second-order valence-corrected chi connectivity index (χ2v) is 7.66. The van der Waals surface area contributed by atoms with E-state index >= 15 is 0 Å². The van der Waals surface area contributed by atoms with Gasteiger partial charge in [-0.25, -0.2) is 9.97 Å². The predicted octanol–water partition coefficient (Wildman–Crippen LogP) is 2.92. The van der Waals surface area contributed by atoms with Crippen molar-refractivity contribution in [3.05, 3.63) is 53.3 Å². The van der Waals surface area contributed by atoms with E-state index in [1.807, 2.05) is 30.9 Å². The van der Waals surface area contributed by atoms with Crippen molar-refractivity contribution in [1.29, 1.82) is 0 Å². The summed E-state index contributed by atoms with van der Waals surface area (Å²) in [6.45, 7) is 8.44. The summed E-state index contributed by atoms with van der Waals surface area (Å²) in [4.78, 5) is 25.8. The summed E-state index contributed by atoms with van der Waals surface area (Å²) in [5, 5.41) is 0.691. The lowest BCUT2D eigenvalue weighted by atomic mass is 10.2. The number of hydrogen-bond donors (Lipinski definition) is 0. The number of aromatic nitrogens is 2. The lowest BCUT2D eigenvalue weighted by molar-refractivity contribution is -0.128. The van der Waals surface area contributed by atoms with Crippen molar-refractivity contribution in [3.8, 4) is 0 Å². The van der Waals surface area contributed by atoms with E-state index in [0.29, 0.717) is 10.9 Å². The number of amides is 1. The Morgan fingerprint density at radius 2 is 1.77 bits per heavy atom. The molecule has 3 rings (SSSR count). The third kappa shape index (κ3) is 5.54. The van der Waals surface area contributed by atoms with Crippen LogP contribution in [0.3, 0.4) is 0 Å². The average molecular weight is 371 g/mol. The molecule has 1 saturated heterocycles. The topological polar surface area (TPSA) is 49.3 Å². The van der Waals surface area contributed by atoms with Crippen molar-refractivity contribution >= 4 is 17.7 Å². The molecular weight excluding hydrogens is 344 g/mol. The van der Waals surface area contributed by atoms with Crippen LogP contribution < -0.4 is 0 Å². The molecule has 5 nitrogen and oxygen atoms in total. The number of nitrogens with zero attached hydrogens (tertiary/aromatic N) is 4. The predicted molar refractivity (Wildman–Crippen MR) is 105 cm³/mol. The van der Waals surface area contributed by atoms with E-state index in [9.17, 15) is 4.79 Å². The van der Waals surface area contributed by atoms with Crippen LogP contribution in [0.15, 0.2) is 41.6 Å². The van der Waals surface area contributed by atoms with Gasteiger partial charge in [0.1, 0.15) is 0 Å². The van der Waals surface area contributed by atoms with Crippen LogP contribution in [0.2, 0.25) is 0 Å². The summed E-state index contributed by atoms with van der Waals surface area (Å²) >= 11 is 1.43. The molecule has 6 heteroatoms. The molecule has 0 aliphatic carbocycles. The van der Waals surface area contributed by atoms with E-state index in [1.165, 1.54) is 17.3 Å². The Balaban J connectivity index is 1.49. The lowest BCUT2D eigenvalue weighted by Crippen LogP contribution is -2.36. The molecule has 0 spiro atoms. The van der Waals surface area contributed by atoms with Gasteiger partial charge in [0.2, 0.25) is 5.91 Å². The summed E-state index contributed by atoms with van der Waals surface area (Å²) in [6.07, 6.45) is 1.02. The van der Waals surface area contributed by atoms with E-state index in [4.69, 9.17) is 0 Å². The smallest absolute Gasteiger partial charge is 0.233 e. The molecule has 0 unspecified atom stereocenters. The minimum atomic E-state index is 0.180. The molecule has 0 saturated carbocycles. The molecule has 0 bridgehead atoms. The van der Waals surface area contributed by atoms with Crippen molar-refractivity contribution in [2.24, 2.45) is 0 Å². The first kappa shape index (κ1) is 18.9. The number of hydrogen-bond acceptors (Lipinski definition) is 5. The highest BCUT2D eigenvalue weighted by molar-refractivity contribution is 7.99. The number of carbonyl (C=O) groups excluding carboxylic acids is 1. The highest BCUT2D eigenvalue weighted by atomic mass is 32.2. The SMILES string of the molecule is Cc1cc(C)nc(SCC(=O)N2CCCN(Cc3ccccc3)CC2)n1. The lowest BCUT2D eigenvalue weighted by Gasteiger charge is -2.22. The van der Waals surface area contributed by atoms with E-state index in [2.05, 4.69) is 39.1 Å². The van der Waals surface area contributed by atoms with Crippen LogP contribution >= 0.6 is 11.8 Å². The van der Waals surface area contributed by atoms with Crippen molar-refractivity contribution in [2.75, 3.05) is 31.9 Å². The first-order valence-corrected chi connectivity index (χ1v) is 10.1. The highest BCUT2D eigenvalue weighted by Gasteiger charge is 2.19. The first-order chi connectivity index (χ1) is 12.6. The van der Waals surface area contributed by atoms with Gasteiger partial charge < -0.3 is 4.90 Å². The third-order valence-corrected chi connectivity index (χ3v) is 5.31. The Morgan fingerprint density at radius 1 is 1.04 bits per heavy atom. The van der Waals surface area contributed by atoms with Gasteiger partial charge >= 0.3 is 0 Å². The van der Waals surface area contributed by atoms with Gasteiger partial charge in [-0.05, 0) is 31.9 Å². The summed E-state index contributed by atoms with van der Waals surface area (Å²) in [6, 6.07) is 12.5. The zero-order valence-corrected chi connectivity index (χ0v) is 16.3. The molecule has 1 amide bonds. The van der Waals surface area contributed by atoms with Crippen molar-refractivity contribution in [1.82, 2.24) is 19.8 Å². The van der Waals surface area contributed by atoms with Crippen LogP contribution in [0.5, 0.6) is 0 Å². The summed E-state index contributed by atoms with van der Waals surface area (Å²) in [5.74, 6) is 0.584. The molecule has 0 radical (unpaired) electrons. The van der Waals surface area contributed by atoms with Crippen LogP contribution in [-0.4, -0.2) is 57.6 Å². The molecule has 1 aromatic carbocycles. The number of rotatable bonds is 5. The molecule has 1 aliphatic rings. The molecule has 138 valence electrons. The Kier molecular flexibility index (Phi) is 6.63. The van der Waals surface area contributed by atoms with E-state index in [-0.39, 0.29) is 5.91 Å². The molecular formula is C20H26N4OS. The molecule has 0 atom stereocenters. The zero-order chi connectivity index (χ0) is 18.4. The van der Waals surface area contributed by atoms with Crippen molar-refractivity contribution in [2.45, 2.75) is 32.0 Å². The standard InChI is InChI=1S/C20H26N4OS/c1-16-13-17(2)22-20(21-16)26-15-19(25)24-10-6-9-23(11-12-24)14-18-7-4-3-5-8-18/h3-5,7-8,13H,6,9-12,14-15H2,1-2H3. The fourth-order valence-corrected chi connectivity index (χ4v) is 4.05. The van der Waals surface area contributed by atoms with Gasteiger partial charge in [0, 0.05) is 44.1 Å². The van der Waals surface area contributed by atoms with Gasteiger partial charge in [-0.2, -0.15) is 0 Å². The van der Waals surface area contributed by atoms with Crippen LogP contribution in [0, 0.1) is 13.8 Å². The Hall–Kier alpha value is -1.92. The maximum atomic E-state index is 12.6. The van der Waals surface area contributed by atoms with Gasteiger partial charge in [0.25, 0.3) is 0 Å². The number of carbonyl (C=O) groups is 1. The fraction of sp³-hybridized carbons (Fsp3) is 0.450. The fourth-order valence-electron chi connectivity index (χ4n) is 3.20. The maximum absolute atomic E-state index is 12.6. The molecule has 2 aromatic rings. The monoisotopic (exact) mass is 370 g/mol. The van der Waals surface area contributed by atoms with Crippen molar-refractivity contribution in [3.63, 3.8) is 0 Å². The summed E-state index contributed by atoms with van der Waals surface area (Å²) in [7, 11) is 0. The summed E-state index contributed by atoms with van der Waals surface area (Å²) < 4.78 is 0. The van der Waals surface area contributed by atoms with Crippen molar-refractivity contribution < 1.29 is 4.79 Å². The van der Waals surface area contributed by atoms with Crippen LogP contribution in [0.4, 0.5) is 0 Å². The van der Waals surface area contributed by atoms with E-state index < -0.39 is 0 Å². The second-order valence-electron chi connectivity index (χ2n) is 6.72. The van der Waals surface area contributed by atoms with E-state index in [1.54, 1.807) is 0 Å². The number of aryl methyl sites for hydroxylation is 2. The van der Waals surface area contributed by atoms with Crippen LogP contribution in [0.1, 0.15) is 23.4 Å². The number of benzene rings is 1. The van der Waals surface area contributed by atoms with Gasteiger partial charge in [0.05, 0.1) is 5.75 Å². The minimum Gasteiger partial charge on any atom is -0.341 e. The molecule has 1 aromatic heterocycles.